The van der Waals surface area contributed by atoms with Gasteiger partial charge in [-0.3, -0.25) is 13.9 Å². The number of hydrogen-bond donors (Lipinski definition) is 0. The highest BCUT2D eigenvalue weighted by atomic mass is 32.2. The molecule has 0 N–H and O–H groups in total. The van der Waals surface area contributed by atoms with E-state index in [-0.39, 0.29) is 11.2 Å². The SMILES string of the molecule is C#CCSc1c(C)cnc2c1c(=O)n(C)c(=O)n2C. The number of aryl methyl sites for hydroxylation is 2. The highest BCUT2D eigenvalue weighted by Crippen LogP contribution is 2.26. The van der Waals surface area contributed by atoms with E-state index in [4.69, 9.17) is 6.42 Å². The lowest BCUT2D eigenvalue weighted by atomic mass is 10.2. The summed E-state index contributed by atoms with van der Waals surface area (Å²) < 4.78 is 2.46. The third-order valence-corrected chi connectivity index (χ3v) is 4.02. The molecule has 0 saturated heterocycles. The predicted molar refractivity (Wildman–Crippen MR) is 76.5 cm³/mol. The van der Waals surface area contributed by atoms with Crippen molar-refractivity contribution in [2.24, 2.45) is 14.1 Å². The normalized spacial score (nSPS) is 10.6. The van der Waals surface area contributed by atoms with Crippen LogP contribution in [0, 0.1) is 19.3 Å². The standard InChI is InChI=1S/C13H13N3O2S/c1-5-6-19-10-8(2)7-14-11-9(10)12(17)16(4)13(18)15(11)3/h1,7H,6H2,2-4H3. The number of hydrogen-bond acceptors (Lipinski definition) is 4. The van der Waals surface area contributed by atoms with E-state index in [1.807, 2.05) is 6.92 Å². The van der Waals surface area contributed by atoms with Gasteiger partial charge in [0.1, 0.15) is 5.65 Å². The molecule has 0 bridgehead atoms. The molecule has 0 fully saturated rings. The van der Waals surface area contributed by atoms with Gasteiger partial charge in [0.2, 0.25) is 0 Å². The van der Waals surface area contributed by atoms with Crippen LogP contribution in [-0.4, -0.2) is 19.9 Å². The monoisotopic (exact) mass is 275 g/mol. The molecule has 0 atom stereocenters. The van der Waals surface area contributed by atoms with Gasteiger partial charge in [-0.2, -0.15) is 0 Å². The van der Waals surface area contributed by atoms with Crippen molar-refractivity contribution in [2.75, 3.05) is 5.75 Å². The molecule has 98 valence electrons. The predicted octanol–water partition coefficient (Wildman–Crippen LogP) is 0.666. The van der Waals surface area contributed by atoms with E-state index in [0.29, 0.717) is 16.8 Å². The molecule has 0 unspecified atom stereocenters. The van der Waals surface area contributed by atoms with Crippen molar-refractivity contribution in [2.45, 2.75) is 11.8 Å². The van der Waals surface area contributed by atoms with Crippen LogP contribution in [-0.2, 0) is 14.1 Å². The lowest BCUT2D eigenvalue weighted by Gasteiger charge is -2.11. The molecular weight excluding hydrogens is 262 g/mol. The number of rotatable bonds is 2. The summed E-state index contributed by atoms with van der Waals surface area (Å²) in [5, 5.41) is 0.449. The van der Waals surface area contributed by atoms with E-state index < -0.39 is 0 Å². The van der Waals surface area contributed by atoms with Crippen molar-refractivity contribution in [1.82, 2.24) is 14.1 Å². The summed E-state index contributed by atoms with van der Waals surface area (Å²) in [5.74, 6) is 3.00. The fourth-order valence-electron chi connectivity index (χ4n) is 1.90. The largest absolute Gasteiger partial charge is 0.332 e. The quantitative estimate of drug-likeness (QED) is 0.597. The van der Waals surface area contributed by atoms with E-state index in [0.717, 1.165) is 15.0 Å². The van der Waals surface area contributed by atoms with E-state index >= 15 is 0 Å². The molecule has 0 amide bonds. The molecular formula is C13H13N3O2S. The molecule has 19 heavy (non-hydrogen) atoms. The fourth-order valence-corrected chi connectivity index (χ4v) is 2.73. The zero-order valence-corrected chi connectivity index (χ0v) is 11.7. The molecule has 0 aliphatic rings. The van der Waals surface area contributed by atoms with Gasteiger partial charge in [0, 0.05) is 25.2 Å². The molecule has 0 saturated carbocycles. The summed E-state index contributed by atoms with van der Waals surface area (Å²) in [5.41, 5.74) is 0.539. The average Bonchev–Trinajstić information content (AvgIpc) is 2.41. The Bertz CT molecular complexity index is 812. The van der Waals surface area contributed by atoms with E-state index in [1.54, 1.807) is 13.2 Å². The van der Waals surface area contributed by atoms with Gasteiger partial charge in [0.05, 0.1) is 11.1 Å². The van der Waals surface area contributed by atoms with Crippen molar-refractivity contribution >= 4 is 22.8 Å². The van der Waals surface area contributed by atoms with Gasteiger partial charge >= 0.3 is 5.69 Å². The Morgan fingerprint density at radius 2 is 2.05 bits per heavy atom. The van der Waals surface area contributed by atoms with Crippen LogP contribution in [0.15, 0.2) is 20.7 Å². The number of pyridine rings is 1. The molecule has 0 radical (unpaired) electrons. The summed E-state index contributed by atoms with van der Waals surface area (Å²) in [6, 6.07) is 0. The highest BCUT2D eigenvalue weighted by Gasteiger charge is 2.15. The zero-order chi connectivity index (χ0) is 14.2. The summed E-state index contributed by atoms with van der Waals surface area (Å²) in [6.07, 6.45) is 6.92. The molecule has 0 spiro atoms. The summed E-state index contributed by atoms with van der Waals surface area (Å²) >= 11 is 1.41. The van der Waals surface area contributed by atoms with E-state index in [1.165, 1.54) is 23.4 Å². The number of thioether (sulfide) groups is 1. The van der Waals surface area contributed by atoms with Crippen molar-refractivity contribution in [3.63, 3.8) is 0 Å². The van der Waals surface area contributed by atoms with Crippen molar-refractivity contribution in [3.05, 3.63) is 32.6 Å². The van der Waals surface area contributed by atoms with Gasteiger partial charge in [-0.1, -0.05) is 5.92 Å². The van der Waals surface area contributed by atoms with Gasteiger partial charge in [-0.25, -0.2) is 9.78 Å². The molecule has 2 aromatic rings. The first kappa shape index (κ1) is 13.4. The highest BCUT2D eigenvalue weighted by molar-refractivity contribution is 7.99. The smallest absolute Gasteiger partial charge is 0.280 e. The summed E-state index contributed by atoms with van der Waals surface area (Å²) in [7, 11) is 3.06. The van der Waals surface area contributed by atoms with E-state index in [9.17, 15) is 9.59 Å². The van der Waals surface area contributed by atoms with Gasteiger partial charge < -0.3 is 0 Å². The minimum Gasteiger partial charge on any atom is -0.280 e. The Balaban J connectivity index is 2.97. The Morgan fingerprint density at radius 3 is 2.68 bits per heavy atom. The number of aromatic nitrogens is 3. The molecule has 2 heterocycles. The number of fused-ring (bicyclic) bond motifs is 1. The first-order chi connectivity index (χ1) is 8.99. The Morgan fingerprint density at radius 1 is 1.37 bits per heavy atom. The van der Waals surface area contributed by atoms with Crippen LogP contribution in [0.5, 0.6) is 0 Å². The third kappa shape index (κ3) is 2.06. The van der Waals surface area contributed by atoms with Gasteiger partial charge in [-0.15, -0.1) is 18.2 Å². The molecule has 2 rings (SSSR count). The van der Waals surface area contributed by atoms with Crippen LogP contribution in [0.2, 0.25) is 0 Å². The fraction of sp³-hybridized carbons (Fsp3) is 0.308. The van der Waals surface area contributed by atoms with Gasteiger partial charge in [0.15, 0.2) is 0 Å². The number of terminal acetylenes is 1. The van der Waals surface area contributed by atoms with Crippen LogP contribution < -0.4 is 11.2 Å². The Hall–Kier alpha value is -2.00. The minimum absolute atomic E-state index is 0.339. The first-order valence-electron chi connectivity index (χ1n) is 5.60. The van der Waals surface area contributed by atoms with Crippen molar-refractivity contribution in [3.8, 4) is 12.3 Å². The Kier molecular flexibility index (Phi) is 3.49. The lowest BCUT2D eigenvalue weighted by Crippen LogP contribution is -2.37. The maximum atomic E-state index is 12.3. The second kappa shape index (κ2) is 4.94. The van der Waals surface area contributed by atoms with Crippen LogP contribution >= 0.6 is 11.8 Å². The first-order valence-corrected chi connectivity index (χ1v) is 6.59. The van der Waals surface area contributed by atoms with Crippen molar-refractivity contribution in [1.29, 1.82) is 0 Å². The second-order valence-corrected chi connectivity index (χ2v) is 5.15. The maximum Gasteiger partial charge on any atom is 0.332 e. The molecule has 6 heteroatoms. The molecule has 5 nitrogen and oxygen atoms in total. The maximum absolute atomic E-state index is 12.3. The topological polar surface area (TPSA) is 56.9 Å². The van der Waals surface area contributed by atoms with Gasteiger partial charge in [0.25, 0.3) is 5.56 Å². The van der Waals surface area contributed by atoms with Gasteiger partial charge in [-0.05, 0) is 12.5 Å². The molecule has 0 aliphatic heterocycles. The summed E-state index contributed by atoms with van der Waals surface area (Å²) in [6.45, 7) is 1.87. The third-order valence-electron chi connectivity index (χ3n) is 2.90. The van der Waals surface area contributed by atoms with Crippen LogP contribution in [0.1, 0.15) is 5.56 Å². The van der Waals surface area contributed by atoms with Crippen LogP contribution in [0.3, 0.4) is 0 Å². The molecule has 0 aromatic carbocycles. The summed E-state index contributed by atoms with van der Waals surface area (Å²) in [4.78, 5) is 29.1. The zero-order valence-electron chi connectivity index (χ0n) is 10.9. The number of nitrogens with zero attached hydrogens (tertiary/aromatic N) is 3. The van der Waals surface area contributed by atoms with Crippen molar-refractivity contribution < 1.29 is 0 Å². The minimum atomic E-state index is -0.387. The lowest BCUT2D eigenvalue weighted by molar-refractivity contribution is 0.705. The van der Waals surface area contributed by atoms with E-state index in [2.05, 4.69) is 10.9 Å². The molecule has 0 aliphatic carbocycles. The second-order valence-electron chi connectivity index (χ2n) is 4.17. The van der Waals surface area contributed by atoms with Crippen LogP contribution in [0.25, 0.3) is 11.0 Å². The Labute approximate surface area is 114 Å². The van der Waals surface area contributed by atoms with Crippen LogP contribution in [0.4, 0.5) is 0 Å². The average molecular weight is 275 g/mol. The molecule has 2 aromatic heterocycles.